The molecule has 2 aliphatic heterocycles. The van der Waals surface area contributed by atoms with Crippen molar-refractivity contribution >= 4 is 11.9 Å². The molecule has 5 atom stereocenters. The summed E-state index contributed by atoms with van der Waals surface area (Å²) in [5, 5.41) is 0. The highest BCUT2D eigenvalue weighted by molar-refractivity contribution is 5.94. The number of likely N-dealkylation sites (N-methyl/N-ethyl adjacent to an activating group) is 1. The molecular weight excluding hydrogens is 552 g/mol. The van der Waals surface area contributed by atoms with E-state index >= 15 is 0 Å². The highest BCUT2D eigenvalue weighted by atomic mass is 16.6. The number of nitrogens with zero attached hydrogens (tertiary/aromatic N) is 2. The number of rotatable bonds is 6. The number of methoxy groups -OCH3 is 1. The standard InChI is InChI=1S/C37H38N2O5/c1-25(40)44-37-20-18-29(38(2)32(41)17-14-26-10-6-4-7-11-26)35-36(37)21-23-39(22-19-27-12-8-5-9-13-27)31(37)24-28-15-16-30(42-3)34(43-35)33(28)36/h4-13,15-16,29,31,35H,18-24H2,1-3H3/t29-,31-,35+,36+,37-/m1/s1. The van der Waals surface area contributed by atoms with Gasteiger partial charge in [0.05, 0.1) is 24.6 Å². The molecule has 2 fully saturated rings. The van der Waals surface area contributed by atoms with Gasteiger partial charge in [0.2, 0.25) is 0 Å². The number of carbonyl (C=O) groups excluding carboxylic acids is 2. The maximum atomic E-state index is 13.5. The van der Waals surface area contributed by atoms with Crippen LogP contribution in [0.15, 0.2) is 72.8 Å². The summed E-state index contributed by atoms with van der Waals surface area (Å²) >= 11 is 0. The lowest BCUT2D eigenvalue weighted by atomic mass is 9.48. The molecule has 3 aromatic rings. The molecule has 0 N–H and O–H groups in total. The fourth-order valence-corrected chi connectivity index (χ4v) is 8.66. The first-order valence-electron chi connectivity index (χ1n) is 15.6. The minimum atomic E-state index is -0.793. The number of carbonyl (C=O) groups is 2. The molecule has 3 aromatic carbocycles. The van der Waals surface area contributed by atoms with Crippen LogP contribution in [0.1, 0.15) is 48.4 Å². The zero-order chi connectivity index (χ0) is 30.5. The van der Waals surface area contributed by atoms with Crippen molar-refractivity contribution in [1.82, 2.24) is 9.80 Å². The SMILES string of the molecule is COc1ccc2c3c1O[C@H]1[C@H](N(C)C(=O)C#Cc4ccccc4)CC[C@@]4(OC(C)=O)[C@@H](C2)N(CCc2ccccc2)CC[C@]314. The van der Waals surface area contributed by atoms with Gasteiger partial charge in [-0.25, -0.2) is 0 Å². The van der Waals surface area contributed by atoms with E-state index in [0.29, 0.717) is 18.6 Å². The molecule has 226 valence electrons. The first-order chi connectivity index (χ1) is 21.4. The van der Waals surface area contributed by atoms with Crippen LogP contribution in [0.2, 0.25) is 0 Å². The van der Waals surface area contributed by atoms with E-state index in [2.05, 4.69) is 47.1 Å². The maximum Gasteiger partial charge on any atom is 0.303 e. The zero-order valence-electron chi connectivity index (χ0n) is 25.5. The smallest absolute Gasteiger partial charge is 0.303 e. The van der Waals surface area contributed by atoms with E-state index < -0.39 is 17.1 Å². The van der Waals surface area contributed by atoms with Gasteiger partial charge in [-0.3, -0.25) is 14.5 Å². The second kappa shape index (κ2) is 11.0. The van der Waals surface area contributed by atoms with Crippen molar-refractivity contribution in [2.24, 2.45) is 0 Å². The number of esters is 1. The van der Waals surface area contributed by atoms with E-state index in [-0.39, 0.29) is 24.0 Å². The van der Waals surface area contributed by atoms with Gasteiger partial charge in [-0.05, 0) is 68.0 Å². The lowest BCUT2D eigenvalue weighted by molar-refractivity contribution is -0.223. The van der Waals surface area contributed by atoms with Crippen molar-refractivity contribution in [3.05, 3.63) is 95.1 Å². The Hall–Kier alpha value is -4.28. The summed E-state index contributed by atoms with van der Waals surface area (Å²) in [4.78, 5) is 30.8. The molecule has 2 bridgehead atoms. The van der Waals surface area contributed by atoms with E-state index in [1.54, 1.807) is 12.0 Å². The molecule has 44 heavy (non-hydrogen) atoms. The molecule has 1 saturated carbocycles. The molecule has 7 rings (SSSR count). The molecule has 1 saturated heterocycles. The third-order valence-corrected chi connectivity index (χ3v) is 10.5. The summed E-state index contributed by atoms with van der Waals surface area (Å²) in [6.45, 7) is 3.23. The van der Waals surface area contributed by atoms with Crippen molar-refractivity contribution in [2.45, 2.75) is 68.2 Å². The minimum Gasteiger partial charge on any atom is -0.493 e. The fraction of sp³-hybridized carbons (Fsp3) is 0.405. The van der Waals surface area contributed by atoms with Gasteiger partial charge in [0.25, 0.3) is 5.91 Å². The van der Waals surface area contributed by atoms with E-state index in [9.17, 15) is 9.59 Å². The van der Waals surface area contributed by atoms with Gasteiger partial charge in [0, 0.05) is 37.6 Å². The Balaban J connectivity index is 1.30. The van der Waals surface area contributed by atoms with Crippen LogP contribution in [0, 0.1) is 11.8 Å². The monoisotopic (exact) mass is 590 g/mol. The van der Waals surface area contributed by atoms with Gasteiger partial charge in [-0.2, -0.15) is 0 Å². The third-order valence-electron chi connectivity index (χ3n) is 10.5. The average Bonchev–Trinajstić information content (AvgIpc) is 3.39. The molecule has 7 nitrogen and oxygen atoms in total. The highest BCUT2D eigenvalue weighted by Gasteiger charge is 2.75. The summed E-state index contributed by atoms with van der Waals surface area (Å²) in [7, 11) is 3.48. The van der Waals surface area contributed by atoms with Gasteiger partial charge >= 0.3 is 5.97 Å². The van der Waals surface area contributed by atoms with E-state index in [1.807, 2.05) is 49.5 Å². The lowest BCUT2D eigenvalue weighted by Crippen LogP contribution is -2.79. The van der Waals surface area contributed by atoms with Crippen molar-refractivity contribution in [1.29, 1.82) is 0 Å². The van der Waals surface area contributed by atoms with E-state index in [1.165, 1.54) is 18.1 Å². The predicted octanol–water partition coefficient (Wildman–Crippen LogP) is 4.54. The first-order valence-corrected chi connectivity index (χ1v) is 15.6. The lowest BCUT2D eigenvalue weighted by Gasteiger charge is -2.65. The van der Waals surface area contributed by atoms with Crippen LogP contribution in [0.3, 0.4) is 0 Å². The van der Waals surface area contributed by atoms with Crippen LogP contribution in [0.4, 0.5) is 0 Å². The summed E-state index contributed by atoms with van der Waals surface area (Å²) in [6.07, 6.45) is 3.27. The largest absolute Gasteiger partial charge is 0.493 e. The third kappa shape index (κ3) is 4.30. The van der Waals surface area contributed by atoms with Gasteiger partial charge in [-0.15, -0.1) is 0 Å². The summed E-state index contributed by atoms with van der Waals surface area (Å²) < 4.78 is 19.4. The second-order valence-electron chi connectivity index (χ2n) is 12.5. The maximum absolute atomic E-state index is 13.5. The number of benzene rings is 3. The molecule has 2 aliphatic carbocycles. The van der Waals surface area contributed by atoms with Gasteiger partial charge < -0.3 is 19.1 Å². The second-order valence-corrected chi connectivity index (χ2v) is 12.5. The van der Waals surface area contributed by atoms with Gasteiger partial charge in [0.1, 0.15) is 11.7 Å². The molecule has 0 aromatic heterocycles. The van der Waals surface area contributed by atoms with Crippen molar-refractivity contribution in [3.8, 4) is 23.3 Å². The number of hydrogen-bond donors (Lipinski definition) is 0. The molecule has 0 radical (unpaired) electrons. The molecular formula is C37H38N2O5. The Kier molecular flexibility index (Phi) is 7.13. The Morgan fingerprint density at radius 1 is 1.05 bits per heavy atom. The predicted molar refractivity (Wildman–Crippen MR) is 167 cm³/mol. The minimum absolute atomic E-state index is 0.0124. The van der Waals surface area contributed by atoms with E-state index in [0.717, 1.165) is 49.2 Å². The summed E-state index contributed by atoms with van der Waals surface area (Å²) in [5.74, 6) is 6.73. The van der Waals surface area contributed by atoms with Crippen LogP contribution in [0.5, 0.6) is 11.5 Å². The normalized spacial score (nSPS) is 27.7. The van der Waals surface area contributed by atoms with Crippen LogP contribution in [-0.4, -0.2) is 72.7 Å². The molecule has 0 unspecified atom stereocenters. The van der Waals surface area contributed by atoms with Crippen LogP contribution >= 0.6 is 0 Å². The van der Waals surface area contributed by atoms with Crippen molar-refractivity contribution < 1.29 is 23.8 Å². The molecule has 1 amide bonds. The number of amides is 1. The first kappa shape index (κ1) is 28.5. The number of hydrogen-bond acceptors (Lipinski definition) is 6. The van der Waals surface area contributed by atoms with Crippen molar-refractivity contribution in [2.75, 3.05) is 27.2 Å². The zero-order valence-corrected chi connectivity index (χ0v) is 25.5. The summed E-state index contributed by atoms with van der Waals surface area (Å²) in [5.41, 5.74) is 2.98. The molecule has 4 aliphatic rings. The van der Waals surface area contributed by atoms with Crippen LogP contribution in [0.25, 0.3) is 0 Å². The Labute approximate surface area is 259 Å². The quantitative estimate of drug-likeness (QED) is 0.310. The fourth-order valence-electron chi connectivity index (χ4n) is 8.66. The van der Waals surface area contributed by atoms with Gasteiger partial charge in [-0.1, -0.05) is 60.5 Å². The van der Waals surface area contributed by atoms with E-state index in [4.69, 9.17) is 14.2 Å². The molecule has 2 heterocycles. The topological polar surface area (TPSA) is 68.3 Å². The molecule has 7 heteroatoms. The molecule has 1 spiro atoms. The van der Waals surface area contributed by atoms with Crippen LogP contribution in [-0.2, 0) is 32.6 Å². The Morgan fingerprint density at radius 3 is 2.52 bits per heavy atom. The van der Waals surface area contributed by atoms with Gasteiger partial charge in [0.15, 0.2) is 11.5 Å². The number of piperidine rings is 1. The number of ether oxygens (including phenoxy) is 3. The average molecular weight is 591 g/mol. The van der Waals surface area contributed by atoms with Crippen LogP contribution < -0.4 is 9.47 Å². The Morgan fingerprint density at radius 2 is 1.80 bits per heavy atom. The highest BCUT2D eigenvalue weighted by Crippen LogP contribution is 2.67. The number of likely N-dealkylation sites (tertiary alicyclic amines) is 1. The summed E-state index contributed by atoms with van der Waals surface area (Å²) in [6, 6.07) is 23.9. The van der Waals surface area contributed by atoms with Crippen molar-refractivity contribution in [3.63, 3.8) is 0 Å². The Bertz CT molecular complexity index is 1650.